The second-order valence-electron chi connectivity index (χ2n) is 6.46. The molecule has 2 rings (SSSR count). The molecule has 0 aromatic carbocycles. The third-order valence-corrected chi connectivity index (χ3v) is 5.12. The number of nitrogens with one attached hydrogen (secondary N) is 1. The Kier molecular flexibility index (Phi) is 4.59. The van der Waals surface area contributed by atoms with E-state index < -0.39 is 5.60 Å². The van der Waals surface area contributed by atoms with Crippen molar-refractivity contribution in [3.63, 3.8) is 0 Å². The molecule has 0 aliphatic heterocycles. The molecule has 1 aliphatic carbocycles. The van der Waals surface area contributed by atoms with Gasteiger partial charge in [-0.15, -0.1) is 0 Å². The van der Waals surface area contributed by atoms with E-state index in [1.165, 1.54) is 0 Å². The van der Waals surface area contributed by atoms with Crippen molar-refractivity contribution in [3.05, 3.63) is 18.1 Å². The minimum Gasteiger partial charge on any atom is -0.387 e. The van der Waals surface area contributed by atoms with Crippen molar-refractivity contribution >= 4 is 17.6 Å². The molecule has 0 radical (unpaired) electrons. The second-order valence-corrected chi connectivity index (χ2v) is 7.93. The molecule has 0 bridgehead atoms. The zero-order valence-electron chi connectivity index (χ0n) is 12.8. The number of anilines is 1. The summed E-state index contributed by atoms with van der Waals surface area (Å²) in [5.74, 6) is 2.67. The normalized spacial score (nSPS) is 26.1. The van der Waals surface area contributed by atoms with Crippen LogP contribution in [0.1, 0.15) is 46.4 Å². The van der Waals surface area contributed by atoms with Gasteiger partial charge in [0.2, 0.25) is 0 Å². The summed E-state index contributed by atoms with van der Waals surface area (Å²) in [5.41, 5.74) is -0.654. The van der Waals surface area contributed by atoms with E-state index in [0.29, 0.717) is 11.8 Å². The van der Waals surface area contributed by atoms with Crippen molar-refractivity contribution in [2.45, 2.75) is 56.8 Å². The highest BCUT2D eigenvalue weighted by molar-refractivity contribution is 8.00. The highest BCUT2D eigenvalue weighted by Crippen LogP contribution is 2.41. The maximum Gasteiger partial charge on any atom is 0.135 e. The van der Waals surface area contributed by atoms with Crippen molar-refractivity contribution in [1.29, 1.82) is 0 Å². The van der Waals surface area contributed by atoms with Crippen LogP contribution >= 0.6 is 11.8 Å². The average molecular weight is 295 g/mol. The summed E-state index contributed by atoms with van der Waals surface area (Å²) in [4.78, 5) is 8.85. The molecule has 1 aromatic rings. The molecule has 1 aliphatic rings. The molecule has 20 heavy (non-hydrogen) atoms. The maximum absolute atomic E-state index is 10.6. The van der Waals surface area contributed by atoms with Gasteiger partial charge in [-0.05, 0) is 24.7 Å². The average Bonchev–Trinajstić information content (AvgIpc) is 2.40. The van der Waals surface area contributed by atoms with E-state index in [1.807, 2.05) is 17.8 Å². The van der Waals surface area contributed by atoms with Crippen LogP contribution in [0.15, 0.2) is 12.3 Å². The summed E-state index contributed by atoms with van der Waals surface area (Å²) in [7, 11) is 0. The highest BCUT2D eigenvalue weighted by atomic mass is 32.2. The van der Waals surface area contributed by atoms with E-state index in [-0.39, 0.29) is 5.41 Å². The number of nitrogens with zero attached hydrogens (tertiary/aromatic N) is 2. The van der Waals surface area contributed by atoms with E-state index >= 15 is 0 Å². The molecule has 1 aromatic heterocycles. The van der Waals surface area contributed by atoms with E-state index in [0.717, 1.165) is 30.2 Å². The van der Waals surface area contributed by atoms with Crippen LogP contribution < -0.4 is 5.32 Å². The molecule has 1 heterocycles. The SMILES string of the molecule is CCS[C@H]1CC[C@@]1(O)CNc1ccnc(C(C)(C)C)n1. The standard InChI is InChI=1S/C15H25N3OS/c1-5-20-11-6-8-15(11,19)10-17-12-7-9-16-13(18-12)14(2,3)4/h7,9,11,19H,5-6,8,10H2,1-4H3,(H,16,17,18)/t11-,15+/m0/s1. The topological polar surface area (TPSA) is 58.0 Å². The predicted molar refractivity (Wildman–Crippen MR) is 85.3 cm³/mol. The predicted octanol–water partition coefficient (Wildman–Crippen LogP) is 2.83. The first kappa shape index (κ1) is 15.6. The van der Waals surface area contributed by atoms with Crippen LogP contribution in [0.4, 0.5) is 5.82 Å². The zero-order valence-corrected chi connectivity index (χ0v) is 13.6. The van der Waals surface area contributed by atoms with Gasteiger partial charge in [0, 0.05) is 23.4 Å². The lowest BCUT2D eigenvalue weighted by molar-refractivity contribution is -0.0120. The van der Waals surface area contributed by atoms with Crippen LogP contribution in [-0.2, 0) is 5.41 Å². The first-order valence-electron chi connectivity index (χ1n) is 7.26. The molecule has 112 valence electrons. The second kappa shape index (κ2) is 5.90. The van der Waals surface area contributed by atoms with Crippen molar-refractivity contribution in [2.24, 2.45) is 0 Å². The molecular formula is C15H25N3OS. The summed E-state index contributed by atoms with van der Waals surface area (Å²) in [6, 6.07) is 1.86. The van der Waals surface area contributed by atoms with E-state index in [1.54, 1.807) is 6.20 Å². The van der Waals surface area contributed by atoms with Crippen LogP contribution in [0.2, 0.25) is 0 Å². The van der Waals surface area contributed by atoms with Crippen molar-refractivity contribution in [2.75, 3.05) is 17.6 Å². The zero-order chi connectivity index (χ0) is 14.8. The lowest BCUT2D eigenvalue weighted by Crippen LogP contribution is -2.54. The van der Waals surface area contributed by atoms with Gasteiger partial charge >= 0.3 is 0 Å². The van der Waals surface area contributed by atoms with Gasteiger partial charge in [-0.3, -0.25) is 0 Å². The molecule has 4 nitrogen and oxygen atoms in total. The Morgan fingerprint density at radius 1 is 1.50 bits per heavy atom. The van der Waals surface area contributed by atoms with Gasteiger partial charge in [0.25, 0.3) is 0 Å². The fourth-order valence-corrected chi connectivity index (χ4v) is 3.50. The Morgan fingerprint density at radius 2 is 2.25 bits per heavy atom. The smallest absolute Gasteiger partial charge is 0.135 e. The summed E-state index contributed by atoms with van der Waals surface area (Å²) >= 11 is 1.84. The maximum atomic E-state index is 10.6. The highest BCUT2D eigenvalue weighted by Gasteiger charge is 2.45. The summed E-state index contributed by atoms with van der Waals surface area (Å²) in [6.45, 7) is 8.99. The van der Waals surface area contributed by atoms with Gasteiger partial charge in [0.15, 0.2) is 0 Å². The molecule has 2 N–H and O–H groups in total. The Labute approximate surface area is 125 Å². The lowest BCUT2D eigenvalue weighted by atomic mass is 9.79. The number of aliphatic hydroxyl groups is 1. The van der Waals surface area contributed by atoms with Gasteiger partial charge in [-0.1, -0.05) is 27.7 Å². The minimum atomic E-state index is -0.590. The molecule has 1 fully saturated rings. The molecule has 0 unspecified atom stereocenters. The first-order chi connectivity index (χ1) is 9.35. The number of thioether (sulfide) groups is 1. The van der Waals surface area contributed by atoms with E-state index in [2.05, 4.69) is 43.0 Å². The van der Waals surface area contributed by atoms with Crippen molar-refractivity contribution in [3.8, 4) is 0 Å². The van der Waals surface area contributed by atoms with E-state index in [4.69, 9.17) is 0 Å². The Hall–Kier alpha value is -0.810. The van der Waals surface area contributed by atoms with Crippen LogP contribution in [0.25, 0.3) is 0 Å². The monoisotopic (exact) mass is 295 g/mol. The molecule has 1 saturated carbocycles. The quantitative estimate of drug-likeness (QED) is 0.875. The number of hydrogen-bond acceptors (Lipinski definition) is 5. The Bertz CT molecular complexity index is 461. The van der Waals surface area contributed by atoms with Crippen LogP contribution in [0, 0.1) is 0 Å². The Morgan fingerprint density at radius 3 is 2.80 bits per heavy atom. The van der Waals surface area contributed by atoms with Gasteiger partial charge in [-0.25, -0.2) is 9.97 Å². The lowest BCUT2D eigenvalue weighted by Gasteiger charge is -2.45. The number of aromatic nitrogens is 2. The Balaban J connectivity index is 1.98. The van der Waals surface area contributed by atoms with Crippen molar-refractivity contribution in [1.82, 2.24) is 9.97 Å². The summed E-state index contributed by atoms with van der Waals surface area (Å²) < 4.78 is 0. The minimum absolute atomic E-state index is 0.0638. The fourth-order valence-electron chi connectivity index (χ4n) is 2.30. The molecule has 0 saturated heterocycles. The third-order valence-electron chi connectivity index (χ3n) is 3.71. The molecule has 5 heteroatoms. The van der Waals surface area contributed by atoms with Crippen LogP contribution in [0.3, 0.4) is 0 Å². The van der Waals surface area contributed by atoms with E-state index in [9.17, 15) is 5.11 Å². The molecule has 0 spiro atoms. The summed E-state index contributed by atoms with van der Waals surface area (Å²) in [6.07, 6.45) is 3.75. The molecule has 0 amide bonds. The molecule has 2 atom stereocenters. The van der Waals surface area contributed by atoms with Gasteiger partial charge < -0.3 is 10.4 Å². The van der Waals surface area contributed by atoms with Gasteiger partial charge in [-0.2, -0.15) is 11.8 Å². The van der Waals surface area contributed by atoms with Gasteiger partial charge in [0.1, 0.15) is 11.6 Å². The largest absolute Gasteiger partial charge is 0.387 e. The molecular weight excluding hydrogens is 270 g/mol. The summed E-state index contributed by atoms with van der Waals surface area (Å²) in [5, 5.41) is 14.2. The third kappa shape index (κ3) is 3.44. The van der Waals surface area contributed by atoms with Crippen molar-refractivity contribution < 1.29 is 5.11 Å². The number of rotatable bonds is 5. The fraction of sp³-hybridized carbons (Fsp3) is 0.733. The van der Waals surface area contributed by atoms with Gasteiger partial charge in [0.05, 0.1) is 5.60 Å². The first-order valence-corrected chi connectivity index (χ1v) is 8.31. The van der Waals surface area contributed by atoms with Crippen LogP contribution in [-0.4, -0.2) is 38.2 Å². The number of hydrogen-bond donors (Lipinski definition) is 2. The van der Waals surface area contributed by atoms with Crippen LogP contribution in [0.5, 0.6) is 0 Å².